The predicted octanol–water partition coefficient (Wildman–Crippen LogP) is 4.65. The number of nitrogens with one attached hydrogen (secondary N) is 1. The Labute approximate surface area is 237 Å². The van der Waals surface area contributed by atoms with Crippen molar-refractivity contribution in [3.05, 3.63) is 64.4 Å². The molecule has 2 unspecified atom stereocenters. The maximum atomic E-state index is 14.3. The number of likely N-dealkylation sites (tertiary alicyclic amines) is 1. The van der Waals surface area contributed by atoms with Gasteiger partial charge in [-0.05, 0) is 30.1 Å². The van der Waals surface area contributed by atoms with E-state index >= 15 is 0 Å². The van der Waals surface area contributed by atoms with E-state index in [1.54, 1.807) is 18.2 Å². The van der Waals surface area contributed by atoms with Crippen molar-refractivity contribution in [3.63, 3.8) is 0 Å². The second kappa shape index (κ2) is 9.54. The minimum absolute atomic E-state index is 0.169. The second-order valence-electron chi connectivity index (χ2n) is 12.5. The maximum Gasteiger partial charge on any atom is 0.421 e. The lowest BCUT2D eigenvalue weighted by atomic mass is 9.50. The number of piperidine rings is 1. The van der Waals surface area contributed by atoms with Crippen molar-refractivity contribution in [3.8, 4) is 0 Å². The number of allylic oxidation sites excluding steroid dienone is 1. The lowest BCUT2D eigenvalue weighted by molar-refractivity contribution is -0.928. The topological polar surface area (TPSA) is 73.9 Å². The van der Waals surface area contributed by atoms with Crippen molar-refractivity contribution in [2.45, 2.75) is 69.2 Å². The van der Waals surface area contributed by atoms with Crippen LogP contribution >= 0.6 is 0 Å². The van der Waals surface area contributed by atoms with Crippen LogP contribution in [0.2, 0.25) is 0 Å². The zero-order valence-electron chi connectivity index (χ0n) is 23.7. The number of quaternary nitrogens is 1. The minimum Gasteiger partial charge on any atom is -0.427 e. The van der Waals surface area contributed by atoms with Gasteiger partial charge in [0.05, 0.1) is 32.8 Å². The van der Waals surface area contributed by atoms with Crippen LogP contribution in [0.4, 0.5) is 13.2 Å². The van der Waals surface area contributed by atoms with Gasteiger partial charge < -0.3 is 24.0 Å². The number of alkyl halides is 3. The molecule has 41 heavy (non-hydrogen) atoms. The molecule has 3 aliphatic carbocycles. The Morgan fingerprint density at radius 1 is 1.17 bits per heavy atom. The number of nitrogens with zero attached hydrogens (tertiary/aromatic N) is 1. The molecule has 1 saturated carbocycles. The van der Waals surface area contributed by atoms with Crippen LogP contribution in [0, 0.1) is 11.3 Å². The summed E-state index contributed by atoms with van der Waals surface area (Å²) in [4.78, 5) is 25.8. The summed E-state index contributed by atoms with van der Waals surface area (Å²) in [6.07, 6.45) is 0.604. The third-order valence-corrected chi connectivity index (χ3v) is 10.1. The fourth-order valence-corrected chi connectivity index (χ4v) is 8.31. The zero-order chi connectivity index (χ0) is 29.4. The Morgan fingerprint density at radius 3 is 2.56 bits per heavy atom. The van der Waals surface area contributed by atoms with Gasteiger partial charge in [0.15, 0.2) is 5.72 Å². The van der Waals surface area contributed by atoms with Gasteiger partial charge in [-0.1, -0.05) is 36.8 Å². The summed E-state index contributed by atoms with van der Waals surface area (Å²) >= 11 is 0. The van der Waals surface area contributed by atoms with E-state index < -0.39 is 35.5 Å². The molecule has 3 fully saturated rings. The number of ether oxygens (including phenoxy) is 3. The van der Waals surface area contributed by atoms with E-state index in [0.717, 1.165) is 53.9 Å². The summed E-state index contributed by atoms with van der Waals surface area (Å²) < 4.78 is 62.0. The molecule has 0 radical (unpaired) electrons. The van der Waals surface area contributed by atoms with E-state index in [1.807, 2.05) is 0 Å². The normalized spacial score (nSPS) is 35.4. The second-order valence-corrected chi connectivity index (χ2v) is 12.5. The van der Waals surface area contributed by atoms with Gasteiger partial charge in [0, 0.05) is 49.9 Å². The molecule has 1 aromatic carbocycles. The smallest absolute Gasteiger partial charge is 0.421 e. The first-order chi connectivity index (χ1) is 19.3. The minimum atomic E-state index is -4.93. The average Bonchev–Trinajstić information content (AvgIpc) is 3.25. The van der Waals surface area contributed by atoms with Crippen LogP contribution in [0.3, 0.4) is 0 Å². The zero-order valence-corrected chi connectivity index (χ0v) is 23.7. The standard InChI is InChI=1S/C31H35F3N2O5/c1-18(37)40-24-17-30(39-4,35-28(38)22(31(32,33)34)15-19-9-6-5-7-10-19)27-26-20(24)16-23-21-11-8-12-25(41-27)29(21,26)13-14-36(23,2)3/h5-7,9-10,15,17,21,23,25,27H,8,11-14,16H2,1-4H3/p+1/t21-,23+,25-,27?,29+,30?/m0/s1. The van der Waals surface area contributed by atoms with Crippen molar-refractivity contribution < 1.29 is 41.5 Å². The largest absolute Gasteiger partial charge is 0.427 e. The first-order valence-electron chi connectivity index (χ1n) is 14.2. The number of halogens is 3. The number of amides is 1. The van der Waals surface area contributed by atoms with E-state index in [2.05, 4.69) is 19.4 Å². The Kier molecular flexibility index (Phi) is 6.56. The molecule has 10 heteroatoms. The highest BCUT2D eigenvalue weighted by Gasteiger charge is 2.71. The average molecular weight is 574 g/mol. The van der Waals surface area contributed by atoms with E-state index in [-0.39, 0.29) is 28.9 Å². The molecule has 2 saturated heterocycles. The number of esters is 1. The van der Waals surface area contributed by atoms with Crippen molar-refractivity contribution in [2.75, 3.05) is 27.7 Å². The fraction of sp³-hybridized carbons (Fsp3) is 0.548. The number of benzene rings is 1. The first kappa shape index (κ1) is 28.2. The monoisotopic (exact) mass is 573 g/mol. The van der Waals surface area contributed by atoms with E-state index in [0.29, 0.717) is 12.3 Å². The van der Waals surface area contributed by atoms with Crippen LogP contribution in [0.1, 0.15) is 44.6 Å². The third-order valence-electron chi connectivity index (χ3n) is 10.1. The van der Waals surface area contributed by atoms with Gasteiger partial charge in [0.2, 0.25) is 0 Å². The lowest BCUT2D eigenvalue weighted by Crippen LogP contribution is -2.68. The summed E-state index contributed by atoms with van der Waals surface area (Å²) in [6.45, 7) is 2.20. The highest BCUT2D eigenvalue weighted by molar-refractivity contribution is 5.99. The quantitative estimate of drug-likeness (QED) is 0.240. The van der Waals surface area contributed by atoms with Gasteiger partial charge in [-0.15, -0.1) is 0 Å². The molecule has 1 aromatic rings. The van der Waals surface area contributed by atoms with Gasteiger partial charge in [-0.25, -0.2) is 0 Å². The summed E-state index contributed by atoms with van der Waals surface area (Å²) in [6, 6.07) is 8.15. The SMILES string of the molecule is COC1(NC(=O)C(=Cc2ccccc2)C(F)(F)F)C=C(OC(C)=O)C2=C3C1O[C@H]1CCC[C@H]4[C@@H](C2)[N+](C)(C)CC[C@]314. The molecule has 1 N–H and O–H groups in total. The van der Waals surface area contributed by atoms with Gasteiger partial charge >= 0.3 is 12.1 Å². The molecular weight excluding hydrogens is 537 g/mol. The van der Waals surface area contributed by atoms with Crippen LogP contribution in [-0.4, -0.2) is 74.3 Å². The number of hydrogen-bond donors (Lipinski definition) is 1. The molecule has 5 aliphatic rings. The predicted molar refractivity (Wildman–Crippen MR) is 144 cm³/mol. The summed E-state index contributed by atoms with van der Waals surface area (Å²) in [7, 11) is 5.79. The van der Waals surface area contributed by atoms with Crippen molar-refractivity contribution >= 4 is 18.0 Å². The Balaban J connectivity index is 1.48. The van der Waals surface area contributed by atoms with Crippen LogP contribution in [0.25, 0.3) is 6.08 Å². The Bertz CT molecular complexity index is 1370. The number of methoxy groups -OCH3 is 1. The molecule has 2 bridgehead atoms. The van der Waals surface area contributed by atoms with E-state index in [4.69, 9.17) is 14.2 Å². The molecule has 6 rings (SSSR count). The van der Waals surface area contributed by atoms with Gasteiger partial charge in [0.1, 0.15) is 17.4 Å². The van der Waals surface area contributed by atoms with Crippen molar-refractivity contribution in [1.82, 2.24) is 5.32 Å². The van der Waals surface area contributed by atoms with Gasteiger partial charge in [-0.3, -0.25) is 9.59 Å². The maximum absolute atomic E-state index is 14.3. The summed E-state index contributed by atoms with van der Waals surface area (Å²) in [5.74, 6) is -1.38. The molecular formula is C31H36F3N2O5+. The molecule has 1 spiro atoms. The Hall–Kier alpha value is -2.95. The van der Waals surface area contributed by atoms with Crippen LogP contribution < -0.4 is 5.32 Å². The van der Waals surface area contributed by atoms with Crippen LogP contribution in [0.15, 0.2) is 58.9 Å². The van der Waals surface area contributed by atoms with Gasteiger partial charge in [-0.2, -0.15) is 13.2 Å². The number of hydrogen-bond acceptors (Lipinski definition) is 5. The summed E-state index contributed by atoms with van der Waals surface area (Å²) in [5, 5.41) is 2.56. The van der Waals surface area contributed by atoms with Gasteiger partial charge in [0.25, 0.3) is 5.91 Å². The number of carbonyl (C=O) groups is 2. The molecule has 220 valence electrons. The summed E-state index contributed by atoms with van der Waals surface area (Å²) in [5.41, 5.74) is -1.51. The Morgan fingerprint density at radius 2 is 1.90 bits per heavy atom. The molecule has 6 atom stereocenters. The molecule has 2 aliphatic heterocycles. The van der Waals surface area contributed by atoms with Crippen LogP contribution in [-0.2, 0) is 23.8 Å². The number of rotatable bonds is 5. The van der Waals surface area contributed by atoms with Crippen molar-refractivity contribution in [1.29, 1.82) is 0 Å². The van der Waals surface area contributed by atoms with Crippen LogP contribution in [0.5, 0.6) is 0 Å². The molecule has 7 nitrogen and oxygen atoms in total. The molecule has 0 aromatic heterocycles. The highest BCUT2D eigenvalue weighted by atomic mass is 19.4. The van der Waals surface area contributed by atoms with Crippen molar-refractivity contribution in [2.24, 2.45) is 11.3 Å². The lowest BCUT2D eigenvalue weighted by Gasteiger charge is -2.61. The third kappa shape index (κ3) is 4.29. The highest BCUT2D eigenvalue weighted by Crippen LogP contribution is 2.67. The fourth-order valence-electron chi connectivity index (χ4n) is 8.31. The van der Waals surface area contributed by atoms with E-state index in [1.165, 1.54) is 32.2 Å². The first-order valence-corrected chi connectivity index (χ1v) is 14.2. The van der Waals surface area contributed by atoms with E-state index in [9.17, 15) is 22.8 Å². The molecule has 1 amide bonds. The number of carbonyl (C=O) groups excluding carboxylic acids is 2. The molecule has 2 heterocycles.